The summed E-state index contributed by atoms with van der Waals surface area (Å²) < 4.78 is 41.0. The van der Waals surface area contributed by atoms with Crippen LogP contribution in [0.1, 0.15) is 67.7 Å². The van der Waals surface area contributed by atoms with E-state index in [0.717, 1.165) is 48.8 Å². The lowest BCUT2D eigenvalue weighted by molar-refractivity contribution is 0.187. The molecule has 0 aromatic heterocycles. The molecule has 0 N–H and O–H groups in total. The number of halogens is 3. The summed E-state index contributed by atoms with van der Waals surface area (Å²) >= 11 is 0. The zero-order valence-corrected chi connectivity index (χ0v) is 16.9. The zero-order valence-electron chi connectivity index (χ0n) is 16.9. The number of benzene rings is 2. The third-order valence-electron chi connectivity index (χ3n) is 6.95. The summed E-state index contributed by atoms with van der Waals surface area (Å²) in [5.74, 6) is 5.71. The normalized spacial score (nSPS) is 23.8. The van der Waals surface area contributed by atoms with E-state index in [1.165, 1.54) is 43.7 Å². The van der Waals surface area contributed by atoms with Crippen molar-refractivity contribution in [3.05, 3.63) is 70.0 Å². The molecule has 3 heteroatoms. The molecule has 0 heterocycles. The standard InChI is InChI=1S/C26H27F3/c1-2-17-3-7-19(8-4-17)20-10-11-21-14-22(25(28)16-23(21)15-20)9-5-18-6-12-24(27)26(29)13-18/h6,12-14,16-17,19-20H,2-4,7-8,10-11,15H2,1H3. The predicted molar refractivity (Wildman–Crippen MR) is 110 cm³/mol. The second kappa shape index (κ2) is 8.66. The quantitative estimate of drug-likeness (QED) is 0.488. The number of hydrogen-bond acceptors (Lipinski definition) is 0. The molecule has 1 saturated carbocycles. The molecule has 2 aromatic carbocycles. The molecule has 1 unspecified atom stereocenters. The number of hydrogen-bond donors (Lipinski definition) is 0. The Morgan fingerprint density at radius 3 is 2.31 bits per heavy atom. The van der Waals surface area contributed by atoms with Crippen LogP contribution in [0.2, 0.25) is 0 Å². The van der Waals surface area contributed by atoms with Gasteiger partial charge in [0.25, 0.3) is 0 Å². The van der Waals surface area contributed by atoms with Gasteiger partial charge in [-0.2, -0.15) is 0 Å². The van der Waals surface area contributed by atoms with Crippen molar-refractivity contribution in [3.8, 4) is 11.8 Å². The molecule has 2 aromatic rings. The van der Waals surface area contributed by atoms with Gasteiger partial charge in [-0.05, 0) is 91.3 Å². The SMILES string of the molecule is CCC1CCC(C2CCc3cc(C#Cc4ccc(F)c(F)c4)c(F)cc3C2)CC1. The van der Waals surface area contributed by atoms with Crippen molar-refractivity contribution < 1.29 is 13.2 Å². The summed E-state index contributed by atoms with van der Waals surface area (Å²) in [4.78, 5) is 0. The first-order chi connectivity index (χ1) is 14.0. The van der Waals surface area contributed by atoms with E-state index >= 15 is 0 Å². The Morgan fingerprint density at radius 2 is 1.59 bits per heavy atom. The van der Waals surface area contributed by atoms with Crippen molar-refractivity contribution in [3.63, 3.8) is 0 Å². The summed E-state index contributed by atoms with van der Waals surface area (Å²) in [6, 6.07) is 6.98. The van der Waals surface area contributed by atoms with E-state index in [-0.39, 0.29) is 5.82 Å². The Hall–Kier alpha value is -2.21. The van der Waals surface area contributed by atoms with Crippen LogP contribution in [0.4, 0.5) is 13.2 Å². The van der Waals surface area contributed by atoms with Crippen LogP contribution < -0.4 is 0 Å². The highest BCUT2D eigenvalue weighted by atomic mass is 19.2. The van der Waals surface area contributed by atoms with Crippen LogP contribution >= 0.6 is 0 Å². The summed E-state index contributed by atoms with van der Waals surface area (Å²) in [5.41, 5.74) is 2.97. The molecule has 0 nitrogen and oxygen atoms in total. The first kappa shape index (κ1) is 20.1. The average molecular weight is 396 g/mol. The van der Waals surface area contributed by atoms with Gasteiger partial charge in [-0.3, -0.25) is 0 Å². The molecule has 0 saturated heterocycles. The van der Waals surface area contributed by atoms with Crippen LogP contribution in [-0.2, 0) is 12.8 Å². The summed E-state index contributed by atoms with van der Waals surface area (Å²) in [6.07, 6.45) is 9.71. The number of aryl methyl sites for hydroxylation is 1. The van der Waals surface area contributed by atoms with Crippen molar-refractivity contribution in [2.75, 3.05) is 0 Å². The van der Waals surface area contributed by atoms with Crippen LogP contribution in [0, 0.1) is 47.0 Å². The molecule has 2 aliphatic rings. The topological polar surface area (TPSA) is 0 Å². The van der Waals surface area contributed by atoms with Crippen LogP contribution in [-0.4, -0.2) is 0 Å². The van der Waals surface area contributed by atoms with Gasteiger partial charge in [-0.1, -0.05) is 38.0 Å². The lowest BCUT2D eigenvalue weighted by Gasteiger charge is -2.36. The van der Waals surface area contributed by atoms with Crippen LogP contribution in [0.3, 0.4) is 0 Å². The summed E-state index contributed by atoms with van der Waals surface area (Å²) in [5, 5.41) is 0. The fourth-order valence-electron chi connectivity index (χ4n) is 5.09. The van der Waals surface area contributed by atoms with Gasteiger partial charge in [0, 0.05) is 5.56 Å². The molecule has 1 atom stereocenters. The second-order valence-corrected chi connectivity index (χ2v) is 8.67. The van der Waals surface area contributed by atoms with Gasteiger partial charge in [0.2, 0.25) is 0 Å². The Kier molecular flexibility index (Phi) is 5.99. The highest BCUT2D eigenvalue weighted by molar-refractivity contribution is 5.47. The summed E-state index contributed by atoms with van der Waals surface area (Å²) in [7, 11) is 0. The van der Waals surface area contributed by atoms with E-state index in [9.17, 15) is 13.2 Å². The third-order valence-corrected chi connectivity index (χ3v) is 6.95. The second-order valence-electron chi connectivity index (χ2n) is 8.67. The Morgan fingerprint density at radius 1 is 0.793 bits per heavy atom. The van der Waals surface area contributed by atoms with E-state index < -0.39 is 11.6 Å². The Labute approximate surface area is 171 Å². The molecule has 4 rings (SSSR count). The molecule has 0 radical (unpaired) electrons. The lowest BCUT2D eigenvalue weighted by Crippen LogP contribution is -2.26. The molecule has 0 spiro atoms. The van der Waals surface area contributed by atoms with Gasteiger partial charge in [0.05, 0.1) is 5.56 Å². The maximum absolute atomic E-state index is 14.7. The molecule has 2 aliphatic carbocycles. The van der Waals surface area contributed by atoms with E-state index in [1.54, 1.807) is 6.07 Å². The maximum Gasteiger partial charge on any atom is 0.160 e. The van der Waals surface area contributed by atoms with Gasteiger partial charge < -0.3 is 0 Å². The van der Waals surface area contributed by atoms with Crippen LogP contribution in [0.15, 0.2) is 30.3 Å². The largest absolute Gasteiger partial charge is 0.206 e. The molecule has 1 fully saturated rings. The molecule has 152 valence electrons. The minimum absolute atomic E-state index is 0.325. The van der Waals surface area contributed by atoms with Crippen molar-refractivity contribution >= 4 is 0 Å². The fourth-order valence-corrected chi connectivity index (χ4v) is 5.09. The van der Waals surface area contributed by atoms with E-state index in [0.29, 0.717) is 17.0 Å². The molecular weight excluding hydrogens is 369 g/mol. The van der Waals surface area contributed by atoms with Crippen molar-refractivity contribution in [1.29, 1.82) is 0 Å². The number of fused-ring (bicyclic) bond motifs is 1. The minimum Gasteiger partial charge on any atom is -0.206 e. The number of rotatable bonds is 2. The molecule has 0 aliphatic heterocycles. The van der Waals surface area contributed by atoms with Gasteiger partial charge in [-0.25, -0.2) is 13.2 Å². The summed E-state index contributed by atoms with van der Waals surface area (Å²) in [6.45, 7) is 2.29. The maximum atomic E-state index is 14.7. The van der Waals surface area contributed by atoms with Gasteiger partial charge in [-0.15, -0.1) is 0 Å². The lowest BCUT2D eigenvalue weighted by atomic mass is 9.69. The monoisotopic (exact) mass is 396 g/mol. The van der Waals surface area contributed by atoms with Crippen molar-refractivity contribution in [1.82, 2.24) is 0 Å². The van der Waals surface area contributed by atoms with Gasteiger partial charge in [0.15, 0.2) is 11.6 Å². The van der Waals surface area contributed by atoms with E-state index in [4.69, 9.17) is 0 Å². The smallest absolute Gasteiger partial charge is 0.160 e. The van der Waals surface area contributed by atoms with E-state index in [2.05, 4.69) is 18.8 Å². The fraction of sp³-hybridized carbons (Fsp3) is 0.462. The average Bonchev–Trinajstić information content (AvgIpc) is 2.74. The van der Waals surface area contributed by atoms with Gasteiger partial charge in [0.1, 0.15) is 5.82 Å². The molecule has 29 heavy (non-hydrogen) atoms. The minimum atomic E-state index is -0.943. The predicted octanol–water partition coefficient (Wildman–Crippen LogP) is 6.83. The van der Waals surface area contributed by atoms with E-state index in [1.807, 2.05) is 6.07 Å². The third kappa shape index (κ3) is 4.53. The molecule has 0 bridgehead atoms. The highest BCUT2D eigenvalue weighted by Gasteiger charge is 2.30. The Balaban J connectivity index is 1.48. The first-order valence-electron chi connectivity index (χ1n) is 10.8. The Bertz CT molecular complexity index is 942. The van der Waals surface area contributed by atoms with Crippen LogP contribution in [0.5, 0.6) is 0 Å². The van der Waals surface area contributed by atoms with Crippen LogP contribution in [0.25, 0.3) is 0 Å². The van der Waals surface area contributed by atoms with Gasteiger partial charge >= 0.3 is 0 Å². The molecular formula is C26H27F3. The van der Waals surface area contributed by atoms with Crippen molar-refractivity contribution in [2.24, 2.45) is 17.8 Å². The first-order valence-corrected chi connectivity index (χ1v) is 10.8. The zero-order chi connectivity index (χ0) is 20.4. The van der Waals surface area contributed by atoms with Crippen molar-refractivity contribution in [2.45, 2.75) is 58.3 Å². The molecule has 0 amide bonds. The highest BCUT2D eigenvalue weighted by Crippen LogP contribution is 2.40.